The molecule has 14 heteroatoms. The van der Waals surface area contributed by atoms with Crippen LogP contribution >= 0.6 is 0 Å². The number of hydrogen-bond donors (Lipinski definition) is 3. The predicted octanol–water partition coefficient (Wildman–Crippen LogP) is -0.0939. The second-order valence-corrected chi connectivity index (χ2v) is 15.0. The zero-order chi connectivity index (χ0) is 33.7. The second-order valence-electron chi connectivity index (χ2n) is 15.0. The first-order valence-corrected chi connectivity index (χ1v) is 16.2. The lowest BCUT2D eigenvalue weighted by atomic mass is 9.38. The minimum absolute atomic E-state index is 0.196. The summed E-state index contributed by atoms with van der Waals surface area (Å²) in [5.41, 5.74) is -8.08. The van der Waals surface area contributed by atoms with Crippen LogP contribution in [0.25, 0.3) is 0 Å². The first-order chi connectivity index (χ1) is 22.2. The summed E-state index contributed by atoms with van der Waals surface area (Å²) in [7, 11) is 2.45. The third-order valence-electron chi connectivity index (χ3n) is 13.8. The first-order valence-electron chi connectivity index (χ1n) is 16.2. The van der Waals surface area contributed by atoms with E-state index in [-0.39, 0.29) is 19.6 Å². The molecule has 5 aliphatic heterocycles. The Morgan fingerprint density at radius 1 is 1.02 bits per heavy atom. The molecule has 3 aliphatic carbocycles. The van der Waals surface area contributed by atoms with Crippen molar-refractivity contribution in [2.75, 3.05) is 27.4 Å². The van der Waals surface area contributed by atoms with E-state index in [1.807, 2.05) is 6.92 Å². The maximum absolute atomic E-state index is 14.0. The third kappa shape index (κ3) is 3.20. The van der Waals surface area contributed by atoms with E-state index in [0.29, 0.717) is 12.0 Å². The van der Waals surface area contributed by atoms with Crippen molar-refractivity contribution < 1.29 is 67.6 Å². The highest BCUT2D eigenvalue weighted by atomic mass is 16.7. The fraction of sp³-hybridized carbons (Fsp3) is 0.788. The van der Waals surface area contributed by atoms with Gasteiger partial charge in [0.05, 0.1) is 58.1 Å². The van der Waals surface area contributed by atoms with E-state index in [9.17, 15) is 29.7 Å². The second kappa shape index (κ2) is 9.55. The molecular formula is C33H42O14. The molecule has 2 bridgehead atoms. The molecule has 5 heterocycles. The molecule has 47 heavy (non-hydrogen) atoms. The normalized spacial score (nSPS) is 56.1. The number of hydrogen-bond acceptors (Lipinski definition) is 14. The van der Waals surface area contributed by atoms with E-state index in [0.717, 1.165) is 0 Å². The van der Waals surface area contributed by atoms with Gasteiger partial charge < -0.3 is 53.2 Å². The van der Waals surface area contributed by atoms with Crippen LogP contribution in [0.4, 0.5) is 0 Å². The number of rotatable bonds is 5. The highest BCUT2D eigenvalue weighted by molar-refractivity contribution is 5.88. The Hall–Kier alpha value is -2.59. The Bertz CT molecular complexity index is 1490. The minimum Gasteiger partial charge on any atom is -0.469 e. The summed E-state index contributed by atoms with van der Waals surface area (Å²) in [5, 5.41) is 36.9. The quantitative estimate of drug-likeness (QED) is 0.153. The van der Waals surface area contributed by atoms with Crippen LogP contribution in [-0.2, 0) is 52.3 Å². The number of carbonyl (C=O) groups excluding carboxylic acids is 3. The van der Waals surface area contributed by atoms with E-state index in [4.69, 9.17) is 37.9 Å². The number of allylic oxidation sites excluding steroid dienone is 1. The third-order valence-corrected chi connectivity index (χ3v) is 13.8. The SMILES string of the molecule is C/C=C(\C)C(=O)O[C@@H]1C[C@H](O)[C@]23CO[C@H](C(=O)OC)[C@H]2[C@](C)(C24OC2(C)C2C[C@H]4O[C@@H]4OC=CC24O)[C@H](O)[C@@H]2OC[C@@]1(C(=O)OC)C23. The van der Waals surface area contributed by atoms with Crippen LogP contribution in [0.3, 0.4) is 0 Å². The maximum Gasteiger partial charge on any atom is 0.335 e. The molecule has 1 spiro atoms. The molecule has 0 amide bonds. The van der Waals surface area contributed by atoms with Gasteiger partial charge in [-0.15, -0.1) is 0 Å². The smallest absolute Gasteiger partial charge is 0.335 e. The van der Waals surface area contributed by atoms with Crippen LogP contribution in [-0.4, -0.2) is 120 Å². The van der Waals surface area contributed by atoms with Gasteiger partial charge in [0.25, 0.3) is 0 Å². The molecule has 4 saturated heterocycles. The van der Waals surface area contributed by atoms with Crippen molar-refractivity contribution in [3.63, 3.8) is 0 Å². The summed E-state index contributed by atoms with van der Waals surface area (Å²) >= 11 is 0. The van der Waals surface area contributed by atoms with Gasteiger partial charge in [-0.2, -0.15) is 0 Å². The Labute approximate surface area is 271 Å². The number of epoxide rings is 1. The van der Waals surface area contributed by atoms with Crippen molar-refractivity contribution >= 4 is 17.9 Å². The van der Waals surface area contributed by atoms with Gasteiger partial charge in [-0.05, 0) is 33.3 Å². The van der Waals surface area contributed by atoms with Crippen molar-refractivity contribution in [2.24, 2.45) is 34.0 Å². The van der Waals surface area contributed by atoms with Crippen LogP contribution in [0.2, 0.25) is 0 Å². The van der Waals surface area contributed by atoms with Gasteiger partial charge in [-0.25, -0.2) is 9.59 Å². The lowest BCUT2D eigenvalue weighted by Gasteiger charge is -2.65. The molecule has 8 aliphatic rings. The number of fused-ring (bicyclic) bond motifs is 7. The number of esters is 3. The fourth-order valence-electron chi connectivity index (χ4n) is 11.7. The molecular weight excluding hydrogens is 620 g/mol. The number of carbonyl (C=O) groups is 3. The summed E-state index contributed by atoms with van der Waals surface area (Å²) in [6, 6.07) is 0. The van der Waals surface area contributed by atoms with E-state index in [2.05, 4.69) is 0 Å². The van der Waals surface area contributed by atoms with E-state index in [1.165, 1.54) is 20.5 Å². The number of aliphatic hydroxyl groups is 3. The molecule has 14 nitrogen and oxygen atoms in total. The zero-order valence-corrected chi connectivity index (χ0v) is 27.2. The van der Waals surface area contributed by atoms with Gasteiger partial charge in [0.15, 0.2) is 11.7 Å². The van der Waals surface area contributed by atoms with Crippen molar-refractivity contribution in [1.29, 1.82) is 0 Å². The minimum atomic E-state index is -1.66. The molecule has 0 aromatic carbocycles. The largest absolute Gasteiger partial charge is 0.469 e. The average molecular weight is 663 g/mol. The summed E-state index contributed by atoms with van der Waals surface area (Å²) in [5.74, 6) is -4.66. The standard InChI is InChI=1S/C33H42O14/c1-7-14(2)24(36)45-17-11-16(34)30-12-44-20(25(37)40-5)21(30)28(3,23(35)19-22(30)31(17,13-43-19)26(38)41-6)33-18-10-15(29(33,4)47-33)32(39)8-9-42-27(32)46-18/h7-9,15-23,27,34-35,39H,10-13H2,1-6H3/b14-7+/t15?,16-,17+,18+,19+,20-,21-,22?,23+,27-,28-,29?,30+,31-,32?,33?/m0/s1. The molecule has 0 radical (unpaired) electrons. The van der Waals surface area contributed by atoms with Gasteiger partial charge >= 0.3 is 17.9 Å². The molecule has 16 atom stereocenters. The van der Waals surface area contributed by atoms with E-state index in [1.54, 1.807) is 32.9 Å². The first kappa shape index (κ1) is 31.7. The molecule has 3 N–H and O–H groups in total. The zero-order valence-electron chi connectivity index (χ0n) is 27.2. The average Bonchev–Trinajstić information content (AvgIpc) is 3.49. The van der Waals surface area contributed by atoms with Crippen molar-refractivity contribution in [2.45, 2.75) is 100 Å². The van der Waals surface area contributed by atoms with Crippen molar-refractivity contribution in [3.05, 3.63) is 24.0 Å². The van der Waals surface area contributed by atoms with Gasteiger partial charge in [-0.1, -0.05) is 13.0 Å². The van der Waals surface area contributed by atoms with Crippen molar-refractivity contribution in [1.82, 2.24) is 0 Å². The number of aliphatic hydroxyl groups excluding tert-OH is 2. The molecule has 258 valence electrons. The van der Waals surface area contributed by atoms with Gasteiger partial charge in [0, 0.05) is 40.6 Å². The van der Waals surface area contributed by atoms with Crippen LogP contribution in [0.1, 0.15) is 40.5 Å². The number of methoxy groups -OCH3 is 2. The highest BCUT2D eigenvalue weighted by Crippen LogP contribution is 2.82. The van der Waals surface area contributed by atoms with E-state index >= 15 is 0 Å². The van der Waals surface area contributed by atoms with Crippen molar-refractivity contribution in [3.8, 4) is 0 Å². The maximum atomic E-state index is 14.0. The molecule has 8 rings (SSSR count). The van der Waals surface area contributed by atoms with Crippen LogP contribution in [0.5, 0.6) is 0 Å². The molecule has 3 saturated carbocycles. The lowest BCUT2D eigenvalue weighted by Crippen LogP contribution is -2.77. The Balaban J connectivity index is 1.32. The molecule has 0 aromatic rings. The summed E-state index contributed by atoms with van der Waals surface area (Å²) < 4.78 is 48.0. The predicted molar refractivity (Wildman–Crippen MR) is 154 cm³/mol. The monoisotopic (exact) mass is 662 g/mol. The molecule has 0 aromatic heterocycles. The van der Waals surface area contributed by atoms with Crippen LogP contribution in [0.15, 0.2) is 24.0 Å². The topological polar surface area (TPSA) is 189 Å². The Kier molecular flexibility index (Phi) is 6.44. The molecule has 5 unspecified atom stereocenters. The number of ether oxygens (including phenoxy) is 8. The Morgan fingerprint density at radius 3 is 2.45 bits per heavy atom. The lowest BCUT2D eigenvalue weighted by molar-refractivity contribution is -0.295. The van der Waals surface area contributed by atoms with Crippen LogP contribution in [0, 0.1) is 34.0 Å². The van der Waals surface area contributed by atoms with Gasteiger partial charge in [-0.3, -0.25) is 4.79 Å². The summed E-state index contributed by atoms with van der Waals surface area (Å²) in [4.78, 5) is 40.8. The molecule has 7 fully saturated rings. The van der Waals surface area contributed by atoms with E-state index < -0.39 is 112 Å². The van der Waals surface area contributed by atoms with Crippen LogP contribution < -0.4 is 0 Å². The summed E-state index contributed by atoms with van der Waals surface area (Å²) in [6.45, 7) is 6.42. The van der Waals surface area contributed by atoms with Gasteiger partial charge in [0.1, 0.15) is 22.7 Å². The highest BCUT2D eigenvalue weighted by Gasteiger charge is 2.95. The Morgan fingerprint density at radius 2 is 1.77 bits per heavy atom. The fourth-order valence-corrected chi connectivity index (χ4v) is 11.7. The van der Waals surface area contributed by atoms with Gasteiger partial charge in [0.2, 0.25) is 6.29 Å². The summed E-state index contributed by atoms with van der Waals surface area (Å²) in [6.07, 6.45) is -3.30.